The van der Waals surface area contributed by atoms with Crippen molar-refractivity contribution in [1.29, 1.82) is 0 Å². The number of nitrogen functional groups attached to an aromatic ring is 1. The molecule has 0 radical (unpaired) electrons. The normalized spacial score (nSPS) is 10.9. The van der Waals surface area contributed by atoms with E-state index in [2.05, 4.69) is 20.6 Å². The first-order valence-corrected chi connectivity index (χ1v) is 14.9. The molecule has 0 spiro atoms. The van der Waals surface area contributed by atoms with Crippen molar-refractivity contribution >= 4 is 67.6 Å². The fourth-order valence-corrected chi connectivity index (χ4v) is 6.49. The second kappa shape index (κ2) is 12.1. The molecule has 5 N–H and O–H groups in total. The van der Waals surface area contributed by atoms with Crippen LogP contribution in [0.5, 0.6) is 17.2 Å². The highest BCUT2D eigenvalue weighted by atomic mass is 32.1. The summed E-state index contributed by atoms with van der Waals surface area (Å²) in [5.74, 6) is 0.479. The molecule has 11 nitrogen and oxygen atoms in total. The topological polar surface area (TPSA) is 153 Å². The monoisotopic (exact) mass is 626 g/mol. The quantitative estimate of drug-likeness (QED) is 0.0974. The first kappa shape index (κ1) is 28.7. The van der Waals surface area contributed by atoms with Gasteiger partial charge in [-0.2, -0.15) is 0 Å². The minimum absolute atomic E-state index is 0.319. The number of carbonyl (C=O) groups is 2. The van der Waals surface area contributed by atoms with Gasteiger partial charge >= 0.3 is 0 Å². The first-order chi connectivity index (χ1) is 21.4. The van der Waals surface area contributed by atoms with E-state index in [0.29, 0.717) is 66.1 Å². The van der Waals surface area contributed by atoms with Crippen molar-refractivity contribution in [2.24, 2.45) is 0 Å². The van der Waals surface area contributed by atoms with Gasteiger partial charge in [-0.05, 0) is 18.2 Å². The van der Waals surface area contributed by atoms with Crippen molar-refractivity contribution in [3.05, 3.63) is 77.8 Å². The molecule has 13 heteroatoms. The third-order valence-electron chi connectivity index (χ3n) is 6.72. The van der Waals surface area contributed by atoms with Crippen LogP contribution in [-0.4, -0.2) is 48.0 Å². The highest BCUT2D eigenvalue weighted by Gasteiger charge is 2.21. The number of thiazole rings is 2. The summed E-state index contributed by atoms with van der Waals surface area (Å²) in [6.07, 6.45) is 1.55. The number of rotatable bonds is 10. The summed E-state index contributed by atoms with van der Waals surface area (Å²) < 4.78 is 16.3. The lowest BCUT2D eigenvalue weighted by molar-refractivity contribution is -0.112. The van der Waals surface area contributed by atoms with Gasteiger partial charge in [-0.25, -0.2) is 9.97 Å². The van der Waals surface area contributed by atoms with Crippen LogP contribution in [0, 0.1) is 0 Å². The summed E-state index contributed by atoms with van der Waals surface area (Å²) in [4.78, 5) is 38.7. The molecule has 0 atom stereocenters. The van der Waals surface area contributed by atoms with Gasteiger partial charge in [-0.3, -0.25) is 9.59 Å². The van der Waals surface area contributed by atoms with Gasteiger partial charge in [0, 0.05) is 51.6 Å². The van der Waals surface area contributed by atoms with Crippen LogP contribution >= 0.6 is 22.7 Å². The van der Waals surface area contributed by atoms with Gasteiger partial charge in [-0.15, -0.1) is 11.3 Å². The van der Waals surface area contributed by atoms with E-state index in [4.69, 9.17) is 24.9 Å². The molecule has 6 aromatic rings. The zero-order valence-corrected chi connectivity index (χ0v) is 25.4. The van der Waals surface area contributed by atoms with Gasteiger partial charge in [0.25, 0.3) is 11.7 Å². The van der Waals surface area contributed by atoms with Crippen LogP contribution in [-0.2, 0) is 4.79 Å². The average Bonchev–Trinajstić information content (AvgIpc) is 3.78. The maximum atomic E-state index is 12.9. The maximum Gasteiger partial charge on any atom is 0.296 e. The van der Waals surface area contributed by atoms with Gasteiger partial charge in [-0.1, -0.05) is 41.7 Å². The number of hydrogen-bond acceptors (Lipinski definition) is 11. The Morgan fingerprint density at radius 3 is 2.43 bits per heavy atom. The van der Waals surface area contributed by atoms with Crippen molar-refractivity contribution in [3.63, 3.8) is 0 Å². The zero-order chi connectivity index (χ0) is 30.8. The Hall–Kier alpha value is -5.40. The summed E-state index contributed by atoms with van der Waals surface area (Å²) in [5.41, 5.74) is 10.0. The summed E-state index contributed by atoms with van der Waals surface area (Å²) >= 11 is 2.78. The molecule has 0 aliphatic carbocycles. The number of carbonyl (C=O) groups excluding carboxylic acids is 2. The standard InChI is InChI=1S/C31H26N6O5S2/c1-40-23-12-18(13-24(41-2)26(23)42-3)35-31-37-28(32)27(44-31)30-36-22(15-43-30)16-7-6-8-17(11-16)34-29(39)25(38)20-14-33-21-10-5-4-9-19(20)21/h4-15,33H,32H2,1-3H3,(H,34,39)(H,35,37). The lowest BCUT2D eigenvalue weighted by Gasteiger charge is -2.14. The third-order valence-corrected chi connectivity index (χ3v) is 8.71. The predicted molar refractivity (Wildman–Crippen MR) is 174 cm³/mol. The molecular formula is C31H26N6O5S2. The van der Waals surface area contributed by atoms with E-state index in [1.54, 1.807) is 63.9 Å². The molecule has 3 aromatic carbocycles. The van der Waals surface area contributed by atoms with Crippen LogP contribution in [0.2, 0.25) is 0 Å². The fraction of sp³-hybridized carbons (Fsp3) is 0.0968. The average molecular weight is 627 g/mol. The van der Waals surface area contributed by atoms with Crippen molar-refractivity contribution in [2.45, 2.75) is 0 Å². The van der Waals surface area contributed by atoms with Crippen molar-refractivity contribution in [2.75, 3.05) is 37.7 Å². The number of aromatic nitrogens is 3. The number of nitrogens with one attached hydrogen (secondary N) is 3. The van der Waals surface area contributed by atoms with Crippen LogP contribution in [0.1, 0.15) is 10.4 Å². The van der Waals surface area contributed by atoms with Crippen LogP contribution in [0.25, 0.3) is 32.0 Å². The number of H-pyrrole nitrogens is 1. The van der Waals surface area contributed by atoms with E-state index >= 15 is 0 Å². The van der Waals surface area contributed by atoms with Gasteiger partial charge < -0.3 is 35.6 Å². The summed E-state index contributed by atoms with van der Waals surface area (Å²) in [5, 5.41) is 9.81. The second-order valence-corrected chi connectivity index (χ2v) is 11.3. The number of ether oxygens (including phenoxy) is 3. The minimum Gasteiger partial charge on any atom is -0.493 e. The molecule has 3 aromatic heterocycles. The van der Waals surface area contributed by atoms with Crippen LogP contribution < -0.4 is 30.6 Å². The Kier molecular flexibility index (Phi) is 7.87. The van der Waals surface area contributed by atoms with Crippen molar-refractivity contribution in [1.82, 2.24) is 15.0 Å². The highest BCUT2D eigenvalue weighted by molar-refractivity contribution is 7.23. The fourth-order valence-electron chi connectivity index (χ4n) is 4.65. The largest absolute Gasteiger partial charge is 0.493 e. The first-order valence-electron chi connectivity index (χ1n) is 13.2. The number of nitrogens with two attached hydrogens (primary N) is 1. The Bertz CT molecular complexity index is 1990. The van der Waals surface area contributed by atoms with E-state index in [-0.39, 0.29) is 0 Å². The number of fused-ring (bicyclic) bond motifs is 1. The van der Waals surface area contributed by atoms with E-state index in [1.165, 1.54) is 22.7 Å². The molecule has 0 aliphatic rings. The smallest absolute Gasteiger partial charge is 0.296 e. The second-order valence-electron chi connectivity index (χ2n) is 9.42. The lowest BCUT2D eigenvalue weighted by Crippen LogP contribution is -2.22. The molecule has 3 heterocycles. The molecule has 0 saturated heterocycles. The van der Waals surface area contributed by atoms with Crippen LogP contribution in [0.15, 0.2) is 72.2 Å². The van der Waals surface area contributed by atoms with Gasteiger partial charge in [0.1, 0.15) is 15.7 Å². The number of Topliss-reactive ketones (excluding diaryl/α,β-unsaturated/α-hetero) is 1. The number of benzene rings is 3. The predicted octanol–water partition coefficient (Wildman–Crippen LogP) is 6.59. The number of para-hydroxylation sites is 1. The van der Waals surface area contributed by atoms with Gasteiger partial charge in [0.05, 0.1) is 32.6 Å². The highest BCUT2D eigenvalue weighted by Crippen LogP contribution is 2.43. The Balaban J connectivity index is 1.19. The molecule has 44 heavy (non-hydrogen) atoms. The number of hydrogen-bond donors (Lipinski definition) is 4. The van der Waals surface area contributed by atoms with E-state index in [0.717, 1.165) is 11.1 Å². The van der Waals surface area contributed by atoms with Crippen molar-refractivity contribution in [3.8, 4) is 38.4 Å². The Morgan fingerprint density at radius 2 is 1.68 bits per heavy atom. The number of aromatic amines is 1. The number of nitrogens with zero attached hydrogens (tertiary/aromatic N) is 2. The lowest BCUT2D eigenvalue weighted by atomic mass is 10.1. The van der Waals surface area contributed by atoms with Gasteiger partial charge in [0.15, 0.2) is 16.6 Å². The number of anilines is 4. The van der Waals surface area contributed by atoms with Crippen molar-refractivity contribution < 1.29 is 23.8 Å². The molecule has 0 bridgehead atoms. The van der Waals surface area contributed by atoms with Crippen LogP contribution in [0.3, 0.4) is 0 Å². The molecular weight excluding hydrogens is 601 g/mol. The van der Waals surface area contributed by atoms with Gasteiger partial charge in [0.2, 0.25) is 5.75 Å². The van der Waals surface area contributed by atoms with E-state index < -0.39 is 11.7 Å². The molecule has 1 amide bonds. The summed E-state index contributed by atoms with van der Waals surface area (Å²) in [6.45, 7) is 0. The molecule has 0 aliphatic heterocycles. The summed E-state index contributed by atoms with van der Waals surface area (Å²) in [7, 11) is 4.65. The zero-order valence-electron chi connectivity index (χ0n) is 23.8. The molecule has 222 valence electrons. The maximum absolute atomic E-state index is 12.9. The Morgan fingerprint density at radius 1 is 0.909 bits per heavy atom. The summed E-state index contributed by atoms with van der Waals surface area (Å²) in [6, 6.07) is 18.1. The van der Waals surface area contributed by atoms with Crippen LogP contribution in [0.4, 0.5) is 22.3 Å². The number of ketones is 1. The number of amides is 1. The van der Waals surface area contributed by atoms with E-state index in [9.17, 15) is 9.59 Å². The molecule has 0 unspecified atom stereocenters. The Labute approximate surface area is 259 Å². The third kappa shape index (κ3) is 5.53. The molecule has 0 saturated carbocycles. The molecule has 6 rings (SSSR count). The number of methoxy groups -OCH3 is 3. The minimum atomic E-state index is -0.726. The van der Waals surface area contributed by atoms with E-state index in [1.807, 2.05) is 29.6 Å². The SMILES string of the molecule is COc1cc(Nc2nc(N)c(-c3nc(-c4cccc(NC(=O)C(=O)c5c[nH]c6ccccc56)c4)cs3)s2)cc(OC)c1OC. The molecule has 0 fully saturated rings.